The van der Waals surface area contributed by atoms with Crippen LogP contribution in [0.15, 0.2) is 29.4 Å². The van der Waals surface area contributed by atoms with Crippen LogP contribution in [0.4, 0.5) is 5.69 Å². The molecule has 8 heteroatoms. The minimum atomic E-state index is -0.805. The van der Waals surface area contributed by atoms with E-state index in [4.69, 9.17) is 5.11 Å². The maximum Gasteiger partial charge on any atom is 0.304 e. The highest BCUT2D eigenvalue weighted by Gasteiger charge is 2.21. The molecule has 0 atom stereocenters. The molecular formula is C16H19N3O4S. The number of hydrogen-bond donors (Lipinski definition) is 2. The molecule has 0 aliphatic carbocycles. The smallest absolute Gasteiger partial charge is 0.304 e. The molecule has 1 aliphatic heterocycles. The van der Waals surface area contributed by atoms with E-state index in [9.17, 15) is 14.4 Å². The highest BCUT2D eigenvalue weighted by Crippen LogP contribution is 2.18. The van der Waals surface area contributed by atoms with E-state index in [-0.39, 0.29) is 24.7 Å². The Bertz CT molecular complexity index is 675. The van der Waals surface area contributed by atoms with Gasteiger partial charge < -0.3 is 10.4 Å². The van der Waals surface area contributed by atoms with Crippen molar-refractivity contribution in [1.29, 1.82) is 0 Å². The maximum atomic E-state index is 12.2. The van der Waals surface area contributed by atoms with Crippen LogP contribution in [-0.4, -0.2) is 46.4 Å². The Morgan fingerprint density at radius 2 is 2.17 bits per heavy atom. The van der Waals surface area contributed by atoms with Gasteiger partial charge in [-0.2, -0.15) is 16.9 Å². The molecule has 128 valence electrons. The Morgan fingerprint density at radius 3 is 2.88 bits per heavy atom. The van der Waals surface area contributed by atoms with Gasteiger partial charge in [-0.15, -0.1) is 0 Å². The fourth-order valence-electron chi connectivity index (χ4n) is 2.12. The highest BCUT2D eigenvalue weighted by molar-refractivity contribution is 7.98. The number of anilines is 1. The molecule has 0 saturated carbocycles. The van der Waals surface area contributed by atoms with Crippen molar-refractivity contribution in [3.05, 3.63) is 29.8 Å². The van der Waals surface area contributed by atoms with E-state index in [1.54, 1.807) is 6.07 Å². The molecule has 1 aliphatic rings. The molecule has 2 rings (SSSR count). The average Bonchev–Trinajstić information content (AvgIpc) is 2.54. The summed E-state index contributed by atoms with van der Waals surface area (Å²) < 4.78 is 0. The molecule has 1 aromatic rings. The Morgan fingerprint density at radius 1 is 1.38 bits per heavy atom. The standard InChI is InChI=1S/C16H19N3O4S/c1-19-14(20)6-5-13(18-19)16(23)17-12-4-2-3-11(9-12)10-24-8-7-15(21)22/h2-4,9H,5-8,10H2,1H3,(H,17,23)(H,21,22). The van der Waals surface area contributed by atoms with Crippen molar-refractivity contribution in [2.24, 2.45) is 5.10 Å². The van der Waals surface area contributed by atoms with Gasteiger partial charge in [0.25, 0.3) is 5.91 Å². The van der Waals surface area contributed by atoms with Crippen LogP contribution in [0.25, 0.3) is 0 Å². The number of carboxylic acids is 1. The quantitative estimate of drug-likeness (QED) is 0.733. The van der Waals surface area contributed by atoms with Crippen LogP contribution in [0.5, 0.6) is 0 Å². The minimum Gasteiger partial charge on any atom is -0.481 e. The third-order valence-corrected chi connectivity index (χ3v) is 4.41. The molecule has 0 bridgehead atoms. The van der Waals surface area contributed by atoms with E-state index in [0.717, 1.165) is 5.56 Å². The van der Waals surface area contributed by atoms with Crippen LogP contribution in [0.1, 0.15) is 24.8 Å². The number of benzene rings is 1. The summed E-state index contributed by atoms with van der Waals surface area (Å²) in [5.41, 5.74) is 1.98. The number of carboxylic acid groups (broad SMARTS) is 1. The zero-order valence-electron chi connectivity index (χ0n) is 13.3. The summed E-state index contributed by atoms with van der Waals surface area (Å²) in [4.78, 5) is 34.1. The molecule has 0 aromatic heterocycles. The fraction of sp³-hybridized carbons (Fsp3) is 0.375. The van der Waals surface area contributed by atoms with E-state index >= 15 is 0 Å². The Hall–Kier alpha value is -2.35. The van der Waals surface area contributed by atoms with Crippen LogP contribution in [0.2, 0.25) is 0 Å². The van der Waals surface area contributed by atoms with E-state index in [1.165, 1.54) is 23.8 Å². The van der Waals surface area contributed by atoms with E-state index in [1.807, 2.05) is 18.2 Å². The van der Waals surface area contributed by atoms with Crippen LogP contribution in [0, 0.1) is 0 Å². The summed E-state index contributed by atoms with van der Waals surface area (Å²) in [6.07, 6.45) is 0.746. The Kier molecular flexibility index (Phi) is 6.36. The predicted molar refractivity (Wildman–Crippen MR) is 92.9 cm³/mol. The van der Waals surface area contributed by atoms with E-state index in [2.05, 4.69) is 10.4 Å². The summed E-state index contributed by atoms with van der Waals surface area (Å²) in [5.74, 6) is -0.00433. The molecule has 1 aromatic carbocycles. The zero-order valence-corrected chi connectivity index (χ0v) is 14.1. The highest BCUT2D eigenvalue weighted by atomic mass is 32.2. The topological polar surface area (TPSA) is 99.1 Å². The molecule has 2 amide bonds. The summed E-state index contributed by atoms with van der Waals surface area (Å²) in [6, 6.07) is 7.39. The molecule has 24 heavy (non-hydrogen) atoms. The minimum absolute atomic E-state index is 0.105. The molecule has 7 nitrogen and oxygen atoms in total. The summed E-state index contributed by atoms with van der Waals surface area (Å²) >= 11 is 1.53. The summed E-state index contributed by atoms with van der Waals surface area (Å²) in [7, 11) is 1.53. The van der Waals surface area contributed by atoms with Gasteiger partial charge >= 0.3 is 5.97 Å². The van der Waals surface area contributed by atoms with Gasteiger partial charge in [0, 0.05) is 37.1 Å². The molecule has 0 radical (unpaired) electrons. The third-order valence-electron chi connectivity index (χ3n) is 3.38. The first-order valence-corrected chi connectivity index (χ1v) is 8.65. The number of nitrogens with one attached hydrogen (secondary N) is 1. The first-order chi connectivity index (χ1) is 11.5. The lowest BCUT2D eigenvalue weighted by Gasteiger charge is -2.19. The normalized spacial score (nSPS) is 14.3. The number of aliphatic carboxylic acids is 1. The van der Waals surface area contributed by atoms with Gasteiger partial charge in [-0.1, -0.05) is 12.1 Å². The lowest BCUT2D eigenvalue weighted by Crippen LogP contribution is -2.34. The number of rotatable bonds is 7. The Balaban J connectivity index is 1.91. The lowest BCUT2D eigenvalue weighted by molar-refractivity contribution is -0.136. The molecule has 0 saturated heterocycles. The number of nitrogens with zero attached hydrogens (tertiary/aromatic N) is 2. The predicted octanol–water partition coefficient (Wildman–Crippen LogP) is 1.94. The Labute approximate surface area is 144 Å². The fourth-order valence-corrected chi connectivity index (χ4v) is 3.00. The molecule has 0 spiro atoms. The van der Waals surface area contributed by atoms with Crippen LogP contribution in [0.3, 0.4) is 0 Å². The number of hydrazone groups is 1. The second-order valence-electron chi connectivity index (χ2n) is 5.31. The van der Waals surface area contributed by atoms with Crippen molar-refractivity contribution in [2.45, 2.75) is 25.0 Å². The SMILES string of the molecule is CN1N=C(C(=O)Nc2cccc(CSCCC(=O)O)c2)CCC1=O. The second kappa shape index (κ2) is 8.49. The van der Waals surface area contributed by atoms with Crippen molar-refractivity contribution in [1.82, 2.24) is 5.01 Å². The van der Waals surface area contributed by atoms with Crippen molar-refractivity contribution >= 4 is 40.9 Å². The number of carbonyl (C=O) groups excluding carboxylic acids is 2. The first kappa shape index (κ1) is 18.0. The maximum absolute atomic E-state index is 12.2. The van der Waals surface area contributed by atoms with Crippen molar-refractivity contribution in [3.8, 4) is 0 Å². The van der Waals surface area contributed by atoms with Gasteiger partial charge in [0.05, 0.1) is 6.42 Å². The van der Waals surface area contributed by atoms with Crippen molar-refractivity contribution < 1.29 is 19.5 Å². The second-order valence-corrected chi connectivity index (χ2v) is 6.42. The molecular weight excluding hydrogens is 330 g/mol. The average molecular weight is 349 g/mol. The molecule has 2 N–H and O–H groups in total. The third kappa shape index (κ3) is 5.38. The van der Waals surface area contributed by atoms with Gasteiger partial charge in [0.2, 0.25) is 5.91 Å². The molecule has 0 fully saturated rings. The largest absolute Gasteiger partial charge is 0.481 e. The van der Waals surface area contributed by atoms with Crippen molar-refractivity contribution in [3.63, 3.8) is 0 Å². The molecule has 0 unspecified atom stereocenters. The number of amides is 2. The molecule has 1 heterocycles. The monoisotopic (exact) mass is 349 g/mol. The first-order valence-electron chi connectivity index (χ1n) is 7.49. The van der Waals surface area contributed by atoms with E-state index < -0.39 is 5.97 Å². The van der Waals surface area contributed by atoms with Gasteiger partial charge in [-0.25, -0.2) is 5.01 Å². The van der Waals surface area contributed by atoms with Crippen LogP contribution >= 0.6 is 11.8 Å². The zero-order chi connectivity index (χ0) is 17.5. The van der Waals surface area contributed by atoms with Gasteiger partial charge in [-0.05, 0) is 17.7 Å². The van der Waals surface area contributed by atoms with Gasteiger partial charge in [0.1, 0.15) is 5.71 Å². The van der Waals surface area contributed by atoms with Crippen LogP contribution in [-0.2, 0) is 20.1 Å². The summed E-state index contributed by atoms with van der Waals surface area (Å²) in [6.45, 7) is 0. The summed E-state index contributed by atoms with van der Waals surface area (Å²) in [5, 5.41) is 16.6. The lowest BCUT2D eigenvalue weighted by atomic mass is 10.1. The van der Waals surface area contributed by atoms with E-state index in [0.29, 0.717) is 29.3 Å². The van der Waals surface area contributed by atoms with Gasteiger partial charge in [-0.3, -0.25) is 14.4 Å². The van der Waals surface area contributed by atoms with Crippen LogP contribution < -0.4 is 5.32 Å². The number of hydrogen-bond acceptors (Lipinski definition) is 5. The van der Waals surface area contributed by atoms with Gasteiger partial charge in [0.15, 0.2) is 0 Å². The number of thioether (sulfide) groups is 1. The number of carbonyl (C=O) groups is 3. The van der Waals surface area contributed by atoms with Crippen molar-refractivity contribution in [2.75, 3.05) is 18.1 Å².